The fraction of sp³-hybridized carbons (Fsp3) is 0.500. The van der Waals surface area contributed by atoms with E-state index in [0.29, 0.717) is 17.1 Å². The van der Waals surface area contributed by atoms with Gasteiger partial charge in [0.05, 0.1) is 34.6 Å². The molecule has 0 spiro atoms. The summed E-state index contributed by atoms with van der Waals surface area (Å²) in [6, 6.07) is 0. The van der Waals surface area contributed by atoms with Crippen LogP contribution in [0.5, 0.6) is 0 Å². The number of ketones is 1. The Morgan fingerprint density at radius 3 is 2.60 bits per heavy atom. The highest BCUT2D eigenvalue weighted by atomic mass is 35.5. The van der Waals surface area contributed by atoms with E-state index in [4.69, 9.17) is 11.6 Å². The minimum atomic E-state index is 0.0229. The second-order valence-corrected chi connectivity index (χ2v) is 5.12. The van der Waals surface area contributed by atoms with Crippen molar-refractivity contribution >= 4 is 17.4 Å². The van der Waals surface area contributed by atoms with Crippen molar-refractivity contribution in [1.29, 1.82) is 0 Å². The van der Waals surface area contributed by atoms with Gasteiger partial charge in [-0.2, -0.15) is 10.2 Å². The molecule has 0 radical (unpaired) electrons. The number of Topliss-reactive ketones (excluding diaryl/α,β-unsaturated/α-hetero) is 1. The van der Waals surface area contributed by atoms with Crippen LogP contribution in [-0.4, -0.2) is 25.3 Å². The van der Waals surface area contributed by atoms with E-state index >= 15 is 0 Å². The quantitative estimate of drug-likeness (QED) is 0.797. The third-order valence-electron chi connectivity index (χ3n) is 3.56. The number of nitrogens with zero attached hydrogens (tertiary/aromatic N) is 4. The van der Waals surface area contributed by atoms with E-state index in [1.807, 2.05) is 32.5 Å². The van der Waals surface area contributed by atoms with Gasteiger partial charge >= 0.3 is 0 Å². The van der Waals surface area contributed by atoms with Crippen molar-refractivity contribution in [3.05, 3.63) is 33.9 Å². The number of rotatable bonds is 5. The van der Waals surface area contributed by atoms with E-state index in [9.17, 15) is 4.79 Å². The van der Waals surface area contributed by atoms with Crippen LogP contribution in [-0.2, 0) is 26.4 Å². The highest BCUT2D eigenvalue weighted by Crippen LogP contribution is 2.23. The Morgan fingerprint density at radius 2 is 2.10 bits per heavy atom. The van der Waals surface area contributed by atoms with E-state index in [-0.39, 0.29) is 12.2 Å². The Labute approximate surface area is 123 Å². The Balaban J connectivity index is 2.32. The van der Waals surface area contributed by atoms with Crippen molar-refractivity contribution in [2.24, 2.45) is 7.05 Å². The van der Waals surface area contributed by atoms with E-state index in [0.717, 1.165) is 23.5 Å². The summed E-state index contributed by atoms with van der Waals surface area (Å²) < 4.78 is 3.51. The van der Waals surface area contributed by atoms with Gasteiger partial charge in [0.25, 0.3) is 0 Å². The Kier molecular flexibility index (Phi) is 4.28. The zero-order valence-electron chi connectivity index (χ0n) is 12.3. The number of hydrogen-bond acceptors (Lipinski definition) is 3. The van der Waals surface area contributed by atoms with Crippen molar-refractivity contribution in [1.82, 2.24) is 19.6 Å². The predicted octanol–water partition coefficient (Wildman–Crippen LogP) is 2.59. The number of aromatic nitrogens is 4. The molecule has 5 nitrogen and oxygen atoms in total. The van der Waals surface area contributed by atoms with E-state index < -0.39 is 0 Å². The molecule has 2 aromatic heterocycles. The minimum Gasteiger partial charge on any atom is -0.294 e. The molecule has 0 bridgehead atoms. The average molecular weight is 295 g/mol. The predicted molar refractivity (Wildman–Crippen MR) is 78.3 cm³/mol. The lowest BCUT2D eigenvalue weighted by Crippen LogP contribution is -2.11. The Morgan fingerprint density at radius 1 is 1.40 bits per heavy atom. The molecule has 0 aromatic carbocycles. The lowest BCUT2D eigenvalue weighted by atomic mass is 10.1. The summed E-state index contributed by atoms with van der Waals surface area (Å²) in [7, 11) is 1.82. The summed E-state index contributed by atoms with van der Waals surface area (Å²) in [5, 5.41) is 9.15. The zero-order chi connectivity index (χ0) is 14.9. The first-order valence-electron chi connectivity index (χ1n) is 6.75. The molecule has 0 N–H and O–H groups in total. The maximum absolute atomic E-state index is 12.4. The van der Waals surface area contributed by atoms with Crippen LogP contribution in [0.3, 0.4) is 0 Å². The maximum atomic E-state index is 12.4. The second-order valence-electron chi connectivity index (χ2n) is 4.74. The molecule has 0 saturated carbocycles. The van der Waals surface area contributed by atoms with Gasteiger partial charge in [0, 0.05) is 19.3 Å². The van der Waals surface area contributed by atoms with Gasteiger partial charge in [-0.3, -0.25) is 14.2 Å². The lowest BCUT2D eigenvalue weighted by molar-refractivity contribution is 0.0990. The molecule has 108 valence electrons. The van der Waals surface area contributed by atoms with Gasteiger partial charge in [0.1, 0.15) is 0 Å². The minimum absolute atomic E-state index is 0.0229. The molecule has 0 unspecified atom stereocenters. The molecule has 2 rings (SSSR count). The maximum Gasteiger partial charge on any atom is 0.172 e. The summed E-state index contributed by atoms with van der Waals surface area (Å²) in [4.78, 5) is 12.4. The van der Waals surface area contributed by atoms with Crippen LogP contribution < -0.4 is 0 Å². The van der Waals surface area contributed by atoms with Crippen molar-refractivity contribution in [2.45, 2.75) is 40.2 Å². The monoisotopic (exact) mass is 294 g/mol. The van der Waals surface area contributed by atoms with E-state index in [1.165, 1.54) is 0 Å². The highest BCUT2D eigenvalue weighted by molar-refractivity contribution is 6.32. The third-order valence-corrected chi connectivity index (χ3v) is 3.99. The molecule has 6 heteroatoms. The largest absolute Gasteiger partial charge is 0.294 e. The first kappa shape index (κ1) is 14.8. The molecule has 0 amide bonds. The van der Waals surface area contributed by atoms with Gasteiger partial charge in [0.15, 0.2) is 5.78 Å². The van der Waals surface area contributed by atoms with Gasteiger partial charge in [0.2, 0.25) is 0 Å². The molecule has 20 heavy (non-hydrogen) atoms. The topological polar surface area (TPSA) is 52.7 Å². The summed E-state index contributed by atoms with van der Waals surface area (Å²) in [6.07, 6.45) is 2.63. The molecule has 2 aromatic rings. The van der Waals surface area contributed by atoms with Gasteiger partial charge in [-0.1, -0.05) is 18.5 Å². The van der Waals surface area contributed by atoms with Gasteiger partial charge in [-0.05, 0) is 20.3 Å². The van der Waals surface area contributed by atoms with E-state index in [2.05, 4.69) is 10.2 Å². The summed E-state index contributed by atoms with van der Waals surface area (Å²) in [5.74, 6) is 0.0229. The smallest absolute Gasteiger partial charge is 0.172 e. The molecule has 0 aliphatic heterocycles. The molecule has 0 fully saturated rings. The van der Waals surface area contributed by atoms with Crippen LogP contribution in [0.25, 0.3) is 0 Å². The standard InChI is InChI=1S/C14H19ClN4O/c1-5-11-14(15)12(19(6-2)17-11)7-13(20)10-8-16-18(4)9(10)3/h8H,5-7H2,1-4H3. The number of carbonyl (C=O) groups is 1. The van der Waals surface area contributed by atoms with Crippen molar-refractivity contribution in [3.63, 3.8) is 0 Å². The number of halogens is 1. The SMILES string of the molecule is CCc1nn(CC)c(CC(=O)c2cnn(C)c2C)c1Cl. The average Bonchev–Trinajstić information content (AvgIpc) is 2.92. The molecule has 0 atom stereocenters. The first-order chi connectivity index (χ1) is 9.49. The van der Waals surface area contributed by atoms with Gasteiger partial charge in [-0.25, -0.2) is 0 Å². The van der Waals surface area contributed by atoms with Crippen LogP contribution in [0.1, 0.15) is 41.3 Å². The van der Waals surface area contributed by atoms with Crippen LogP contribution in [0.4, 0.5) is 0 Å². The third kappa shape index (κ3) is 2.50. The zero-order valence-corrected chi connectivity index (χ0v) is 13.0. The highest BCUT2D eigenvalue weighted by Gasteiger charge is 2.20. The van der Waals surface area contributed by atoms with Gasteiger partial charge in [-0.15, -0.1) is 0 Å². The molecular formula is C14H19ClN4O. The number of aryl methyl sites for hydroxylation is 3. The van der Waals surface area contributed by atoms with Crippen molar-refractivity contribution in [2.75, 3.05) is 0 Å². The van der Waals surface area contributed by atoms with Crippen molar-refractivity contribution < 1.29 is 4.79 Å². The molecule has 2 heterocycles. The summed E-state index contributed by atoms with van der Waals surface area (Å²) in [6.45, 7) is 6.59. The first-order valence-corrected chi connectivity index (χ1v) is 7.13. The van der Waals surface area contributed by atoms with Gasteiger partial charge < -0.3 is 0 Å². The number of carbonyl (C=O) groups excluding carboxylic acids is 1. The second kappa shape index (κ2) is 5.79. The summed E-state index contributed by atoms with van der Waals surface area (Å²) >= 11 is 6.33. The van der Waals surface area contributed by atoms with Crippen LogP contribution in [0.15, 0.2) is 6.20 Å². The summed E-state index contributed by atoms with van der Waals surface area (Å²) in [5.41, 5.74) is 3.15. The fourth-order valence-electron chi connectivity index (χ4n) is 2.21. The normalized spacial score (nSPS) is 11.1. The number of hydrogen-bond donors (Lipinski definition) is 0. The fourth-order valence-corrected chi connectivity index (χ4v) is 2.54. The van der Waals surface area contributed by atoms with Crippen molar-refractivity contribution in [3.8, 4) is 0 Å². The molecule has 0 aliphatic carbocycles. The molecule has 0 saturated heterocycles. The molecular weight excluding hydrogens is 276 g/mol. The Bertz CT molecular complexity index is 642. The van der Waals surface area contributed by atoms with Crippen LogP contribution >= 0.6 is 11.6 Å². The lowest BCUT2D eigenvalue weighted by Gasteiger charge is -2.04. The van der Waals surface area contributed by atoms with Crippen LogP contribution in [0, 0.1) is 6.92 Å². The molecule has 0 aliphatic rings. The van der Waals surface area contributed by atoms with Crippen LogP contribution in [0.2, 0.25) is 5.02 Å². The Hall–Kier alpha value is -1.62. The van der Waals surface area contributed by atoms with E-state index in [1.54, 1.807) is 10.9 Å².